The second kappa shape index (κ2) is 10.4. The third-order valence-corrected chi connectivity index (χ3v) is 6.48. The fourth-order valence-electron chi connectivity index (χ4n) is 4.59. The highest BCUT2D eigenvalue weighted by molar-refractivity contribution is 6.01. The van der Waals surface area contributed by atoms with Gasteiger partial charge in [0.05, 0.1) is 19.8 Å². The average Bonchev–Trinajstić information content (AvgIpc) is 3.20. The SMILES string of the molecule is Cc1cc(C(=O)COC(=O)c2cccnc2N2CCOCC2)c(C)n1C[C@@H]1COc2ccccc2O1. The van der Waals surface area contributed by atoms with Crippen LogP contribution in [0.15, 0.2) is 48.7 Å². The van der Waals surface area contributed by atoms with Crippen LogP contribution in [0.4, 0.5) is 5.82 Å². The molecule has 0 saturated carbocycles. The van der Waals surface area contributed by atoms with E-state index in [1.165, 1.54) is 0 Å². The largest absolute Gasteiger partial charge is 0.486 e. The van der Waals surface area contributed by atoms with Crippen LogP contribution < -0.4 is 14.4 Å². The normalized spacial score (nSPS) is 17.1. The molecule has 0 N–H and O–H groups in total. The lowest BCUT2D eigenvalue weighted by molar-refractivity contribution is 0.0474. The molecular weight excluding hydrogens is 462 g/mol. The minimum Gasteiger partial charge on any atom is -0.486 e. The molecule has 1 atom stereocenters. The number of esters is 1. The summed E-state index contributed by atoms with van der Waals surface area (Å²) in [5, 5.41) is 0. The average molecular weight is 492 g/mol. The highest BCUT2D eigenvalue weighted by atomic mass is 16.6. The molecule has 0 aliphatic carbocycles. The van der Waals surface area contributed by atoms with Gasteiger partial charge in [0.1, 0.15) is 18.0 Å². The van der Waals surface area contributed by atoms with Gasteiger partial charge in [0.25, 0.3) is 0 Å². The van der Waals surface area contributed by atoms with Crippen molar-refractivity contribution in [3.8, 4) is 11.5 Å². The maximum atomic E-state index is 13.0. The molecule has 5 rings (SSSR count). The Morgan fingerprint density at radius 2 is 1.83 bits per heavy atom. The Morgan fingerprint density at radius 1 is 1.06 bits per heavy atom. The molecule has 188 valence electrons. The van der Waals surface area contributed by atoms with Crippen LogP contribution in [0.25, 0.3) is 0 Å². The number of hydrogen-bond acceptors (Lipinski definition) is 8. The quantitative estimate of drug-likeness (QED) is 0.368. The zero-order valence-electron chi connectivity index (χ0n) is 20.4. The predicted octanol–water partition coefficient (Wildman–Crippen LogP) is 3.22. The molecule has 0 unspecified atom stereocenters. The van der Waals surface area contributed by atoms with Crippen molar-refractivity contribution in [2.75, 3.05) is 44.4 Å². The number of pyridine rings is 1. The van der Waals surface area contributed by atoms with Crippen LogP contribution >= 0.6 is 0 Å². The Hall–Kier alpha value is -3.85. The standard InChI is InChI=1S/C27H29N3O6/c1-18-14-22(19(2)30(18)15-20-16-34-24-7-3-4-8-25(24)36-20)23(31)17-35-27(32)21-6-5-9-28-26(21)29-10-12-33-13-11-29/h3-9,14,20H,10-13,15-17H2,1-2H3/t20-/m1/s1. The van der Waals surface area contributed by atoms with Crippen LogP contribution in [0, 0.1) is 13.8 Å². The van der Waals surface area contributed by atoms with Crippen molar-refractivity contribution >= 4 is 17.6 Å². The number of ketones is 1. The van der Waals surface area contributed by atoms with Gasteiger partial charge in [-0.2, -0.15) is 0 Å². The Labute approximate surface area is 209 Å². The summed E-state index contributed by atoms with van der Waals surface area (Å²) in [5.41, 5.74) is 2.59. The van der Waals surface area contributed by atoms with Gasteiger partial charge in [-0.1, -0.05) is 12.1 Å². The minimum absolute atomic E-state index is 0.185. The summed E-state index contributed by atoms with van der Waals surface area (Å²) in [5.74, 6) is 1.17. The summed E-state index contributed by atoms with van der Waals surface area (Å²) in [4.78, 5) is 32.2. The van der Waals surface area contributed by atoms with E-state index in [4.69, 9.17) is 18.9 Å². The monoisotopic (exact) mass is 491 g/mol. The van der Waals surface area contributed by atoms with Gasteiger partial charge in [-0.15, -0.1) is 0 Å². The highest BCUT2D eigenvalue weighted by Gasteiger charge is 2.25. The summed E-state index contributed by atoms with van der Waals surface area (Å²) in [6, 6.07) is 12.8. The Bertz CT molecular complexity index is 1260. The van der Waals surface area contributed by atoms with Crippen molar-refractivity contribution in [2.45, 2.75) is 26.5 Å². The summed E-state index contributed by atoms with van der Waals surface area (Å²) in [6.07, 6.45) is 1.45. The second-order valence-electron chi connectivity index (χ2n) is 8.87. The van der Waals surface area contributed by atoms with Gasteiger partial charge >= 0.3 is 5.97 Å². The molecule has 1 fully saturated rings. The molecule has 4 heterocycles. The summed E-state index contributed by atoms with van der Waals surface area (Å²) < 4.78 is 24.8. The van der Waals surface area contributed by atoms with Crippen molar-refractivity contribution in [2.24, 2.45) is 0 Å². The number of benzene rings is 1. The predicted molar refractivity (Wildman–Crippen MR) is 132 cm³/mol. The fraction of sp³-hybridized carbons (Fsp3) is 0.370. The number of hydrogen-bond donors (Lipinski definition) is 0. The molecule has 1 aromatic carbocycles. The number of aryl methyl sites for hydroxylation is 1. The second-order valence-corrected chi connectivity index (χ2v) is 8.87. The van der Waals surface area contributed by atoms with E-state index >= 15 is 0 Å². The lowest BCUT2D eigenvalue weighted by Gasteiger charge is -2.28. The van der Waals surface area contributed by atoms with Crippen molar-refractivity contribution < 1.29 is 28.5 Å². The molecule has 2 aliphatic rings. The van der Waals surface area contributed by atoms with Gasteiger partial charge in [0.2, 0.25) is 5.78 Å². The molecule has 2 aliphatic heterocycles. The molecule has 2 aromatic heterocycles. The van der Waals surface area contributed by atoms with Crippen LogP contribution in [0.3, 0.4) is 0 Å². The number of ether oxygens (including phenoxy) is 4. The van der Waals surface area contributed by atoms with E-state index in [1.54, 1.807) is 18.3 Å². The van der Waals surface area contributed by atoms with Gasteiger partial charge in [-0.05, 0) is 44.2 Å². The van der Waals surface area contributed by atoms with Crippen LogP contribution in [-0.4, -0.2) is 66.9 Å². The molecular formula is C27H29N3O6. The van der Waals surface area contributed by atoms with Crippen molar-refractivity contribution in [3.05, 3.63) is 71.2 Å². The van der Waals surface area contributed by atoms with Crippen molar-refractivity contribution in [3.63, 3.8) is 0 Å². The third-order valence-electron chi connectivity index (χ3n) is 6.48. The fourth-order valence-corrected chi connectivity index (χ4v) is 4.59. The van der Waals surface area contributed by atoms with Gasteiger partial charge in [-0.3, -0.25) is 4.79 Å². The van der Waals surface area contributed by atoms with E-state index in [0.717, 1.165) is 17.1 Å². The number of morpholine rings is 1. The van der Waals surface area contributed by atoms with E-state index in [-0.39, 0.29) is 18.5 Å². The number of rotatable bonds is 7. The molecule has 0 bridgehead atoms. The van der Waals surface area contributed by atoms with Crippen LogP contribution in [0.2, 0.25) is 0 Å². The highest BCUT2D eigenvalue weighted by Crippen LogP contribution is 2.31. The van der Waals surface area contributed by atoms with Gasteiger partial charge < -0.3 is 28.4 Å². The van der Waals surface area contributed by atoms with E-state index in [0.29, 0.717) is 62.1 Å². The van der Waals surface area contributed by atoms with E-state index in [2.05, 4.69) is 4.98 Å². The molecule has 0 radical (unpaired) electrons. The molecule has 3 aromatic rings. The first-order chi connectivity index (χ1) is 17.5. The van der Waals surface area contributed by atoms with Crippen LogP contribution in [0.5, 0.6) is 11.5 Å². The number of aromatic nitrogens is 2. The smallest absolute Gasteiger partial charge is 0.342 e. The lowest BCUT2D eigenvalue weighted by atomic mass is 10.1. The Morgan fingerprint density at radius 3 is 2.64 bits per heavy atom. The molecule has 9 nitrogen and oxygen atoms in total. The zero-order valence-corrected chi connectivity index (χ0v) is 20.4. The van der Waals surface area contributed by atoms with E-state index in [9.17, 15) is 9.59 Å². The first kappa shape index (κ1) is 23.9. The third kappa shape index (κ3) is 4.92. The number of nitrogens with zero attached hydrogens (tertiary/aromatic N) is 3. The lowest BCUT2D eigenvalue weighted by Crippen LogP contribution is -2.37. The van der Waals surface area contributed by atoms with Gasteiger partial charge in [0, 0.05) is 36.2 Å². The maximum absolute atomic E-state index is 13.0. The molecule has 36 heavy (non-hydrogen) atoms. The van der Waals surface area contributed by atoms with Crippen molar-refractivity contribution in [1.29, 1.82) is 0 Å². The van der Waals surface area contributed by atoms with Crippen molar-refractivity contribution in [1.82, 2.24) is 9.55 Å². The first-order valence-corrected chi connectivity index (χ1v) is 12.0. The summed E-state index contributed by atoms with van der Waals surface area (Å²) in [7, 11) is 0. The number of carbonyl (C=O) groups is 2. The summed E-state index contributed by atoms with van der Waals surface area (Å²) >= 11 is 0. The Balaban J connectivity index is 1.24. The summed E-state index contributed by atoms with van der Waals surface area (Å²) in [6.45, 7) is 6.87. The van der Waals surface area contributed by atoms with Gasteiger partial charge in [-0.25, -0.2) is 9.78 Å². The maximum Gasteiger partial charge on any atom is 0.342 e. The van der Waals surface area contributed by atoms with Crippen LogP contribution in [0.1, 0.15) is 32.1 Å². The zero-order chi connectivity index (χ0) is 25.1. The van der Waals surface area contributed by atoms with Crippen LogP contribution in [-0.2, 0) is 16.0 Å². The minimum atomic E-state index is -0.571. The van der Waals surface area contributed by atoms with E-state index < -0.39 is 5.97 Å². The number of anilines is 1. The first-order valence-electron chi connectivity index (χ1n) is 12.0. The van der Waals surface area contributed by atoms with E-state index in [1.807, 2.05) is 53.6 Å². The molecule has 0 spiro atoms. The number of fused-ring (bicyclic) bond motifs is 1. The number of para-hydroxylation sites is 2. The van der Waals surface area contributed by atoms with Gasteiger partial charge in [0.15, 0.2) is 24.2 Å². The molecule has 9 heteroatoms. The Kier molecular flexibility index (Phi) is 6.90. The molecule has 0 amide bonds. The topological polar surface area (TPSA) is 92.1 Å². The molecule has 1 saturated heterocycles. The number of carbonyl (C=O) groups excluding carboxylic acids is 2. The number of Topliss-reactive ketones (excluding diaryl/α,β-unsaturated/α-hetero) is 1.